The molecule has 0 N–H and O–H groups in total. The Morgan fingerprint density at radius 1 is 0.964 bits per heavy atom. The summed E-state index contributed by atoms with van der Waals surface area (Å²) in [5, 5.41) is 0. The summed E-state index contributed by atoms with van der Waals surface area (Å²) in [6.45, 7) is 0. The smallest absolute Gasteiger partial charge is 0.235 e. The maximum absolute atomic E-state index is 13.3. The number of Topliss-reactive ketones (excluding diaryl/α,β-unsaturated/α-hetero) is 1. The van der Waals surface area contributed by atoms with Crippen molar-refractivity contribution in [3.8, 4) is 0 Å². The van der Waals surface area contributed by atoms with E-state index in [1.807, 2.05) is 35.2 Å². The summed E-state index contributed by atoms with van der Waals surface area (Å²) in [5.41, 5.74) is 2.24. The molecule has 4 atom stereocenters. The predicted molar refractivity (Wildman–Crippen MR) is 99.3 cm³/mol. The highest BCUT2D eigenvalue weighted by molar-refractivity contribution is 6.11. The van der Waals surface area contributed by atoms with E-state index >= 15 is 0 Å². The fourth-order valence-corrected chi connectivity index (χ4v) is 4.79. The highest BCUT2D eigenvalue weighted by Gasteiger charge is 2.63. The highest BCUT2D eigenvalue weighted by Crippen LogP contribution is 2.52. The fraction of sp³-hybridized carbons (Fsp3) is 0.227. The molecule has 3 aliphatic heterocycles. The first-order chi connectivity index (χ1) is 13.5. The van der Waals surface area contributed by atoms with E-state index in [2.05, 4.69) is 0 Å². The molecule has 0 spiro atoms. The average Bonchev–Trinajstić information content (AvgIpc) is 3.17. The Morgan fingerprint density at radius 3 is 2.39 bits per heavy atom. The lowest BCUT2D eigenvalue weighted by Gasteiger charge is -2.35. The van der Waals surface area contributed by atoms with Crippen molar-refractivity contribution in [3.63, 3.8) is 0 Å². The second kappa shape index (κ2) is 5.86. The number of amides is 2. The van der Waals surface area contributed by atoms with E-state index in [1.165, 1.54) is 31.3 Å². The summed E-state index contributed by atoms with van der Waals surface area (Å²) in [6, 6.07) is 11.8. The van der Waals surface area contributed by atoms with Crippen LogP contribution >= 0.6 is 0 Å². The number of carbonyl (C=O) groups excluding carboxylic acids is 3. The first kappa shape index (κ1) is 16.9. The van der Waals surface area contributed by atoms with Gasteiger partial charge in [0.05, 0.1) is 17.9 Å². The van der Waals surface area contributed by atoms with Gasteiger partial charge in [-0.25, -0.2) is 4.39 Å². The molecule has 0 aromatic heterocycles. The quantitative estimate of drug-likeness (QED) is 0.597. The molecule has 0 aliphatic carbocycles. The van der Waals surface area contributed by atoms with Crippen molar-refractivity contribution in [3.05, 3.63) is 77.2 Å². The van der Waals surface area contributed by atoms with Gasteiger partial charge in [-0.05, 0) is 41.5 Å². The predicted octanol–water partition coefficient (Wildman–Crippen LogP) is 2.65. The van der Waals surface area contributed by atoms with Crippen LogP contribution in [0.4, 0.5) is 4.39 Å². The maximum Gasteiger partial charge on any atom is 0.235 e. The van der Waals surface area contributed by atoms with Crippen LogP contribution in [0.1, 0.15) is 27.5 Å². The third-order valence-electron chi connectivity index (χ3n) is 6.08. The largest absolute Gasteiger partial charge is 0.358 e. The number of carbonyl (C=O) groups is 3. The first-order valence-corrected chi connectivity index (χ1v) is 9.15. The molecule has 2 saturated heterocycles. The number of hydrogen-bond acceptors (Lipinski definition) is 4. The van der Waals surface area contributed by atoms with E-state index in [0.717, 1.165) is 16.0 Å². The maximum atomic E-state index is 13.3. The lowest BCUT2D eigenvalue weighted by atomic mass is 9.83. The van der Waals surface area contributed by atoms with Crippen molar-refractivity contribution in [2.24, 2.45) is 11.8 Å². The second-order valence-electron chi connectivity index (χ2n) is 7.44. The number of imide groups is 1. The van der Waals surface area contributed by atoms with Crippen LogP contribution in [0.15, 0.2) is 54.7 Å². The number of likely N-dealkylation sites (tertiary alicyclic amines) is 1. The molecule has 6 heteroatoms. The average molecular weight is 376 g/mol. The van der Waals surface area contributed by atoms with Crippen LogP contribution < -0.4 is 0 Å². The number of benzene rings is 2. The number of nitrogens with zero attached hydrogens (tertiary/aromatic N) is 2. The molecular formula is C22H17FN2O3. The summed E-state index contributed by atoms with van der Waals surface area (Å²) in [6.07, 6.45) is 3.70. The molecule has 28 heavy (non-hydrogen) atoms. The van der Waals surface area contributed by atoms with Gasteiger partial charge >= 0.3 is 0 Å². The van der Waals surface area contributed by atoms with Crippen LogP contribution in [0, 0.1) is 17.7 Å². The molecule has 3 aliphatic rings. The zero-order valence-corrected chi connectivity index (χ0v) is 15.1. The molecular weight excluding hydrogens is 359 g/mol. The van der Waals surface area contributed by atoms with Crippen LogP contribution in [0.25, 0.3) is 6.08 Å². The van der Waals surface area contributed by atoms with E-state index in [0.29, 0.717) is 5.56 Å². The number of rotatable bonds is 2. The van der Waals surface area contributed by atoms with Gasteiger partial charge in [0.2, 0.25) is 11.8 Å². The molecule has 2 aromatic rings. The van der Waals surface area contributed by atoms with Gasteiger partial charge in [-0.15, -0.1) is 0 Å². The van der Waals surface area contributed by atoms with Crippen LogP contribution in [-0.2, 0) is 9.59 Å². The van der Waals surface area contributed by atoms with Crippen molar-refractivity contribution in [2.75, 3.05) is 7.05 Å². The molecule has 5 nitrogen and oxygen atoms in total. The Bertz CT molecular complexity index is 1050. The van der Waals surface area contributed by atoms with Crippen molar-refractivity contribution < 1.29 is 18.8 Å². The minimum absolute atomic E-state index is 0.260. The normalized spacial score (nSPS) is 27.6. The van der Waals surface area contributed by atoms with Crippen molar-refractivity contribution in [1.82, 2.24) is 9.80 Å². The van der Waals surface area contributed by atoms with Gasteiger partial charge in [0.25, 0.3) is 0 Å². The number of fused-ring (bicyclic) bond motifs is 5. The number of hydrogen-bond donors (Lipinski definition) is 0. The topological polar surface area (TPSA) is 57.7 Å². The molecule has 0 radical (unpaired) electrons. The van der Waals surface area contributed by atoms with E-state index in [9.17, 15) is 18.8 Å². The Morgan fingerprint density at radius 2 is 1.64 bits per heavy atom. The summed E-state index contributed by atoms with van der Waals surface area (Å²) >= 11 is 0. The second-order valence-corrected chi connectivity index (χ2v) is 7.44. The first-order valence-electron chi connectivity index (χ1n) is 9.15. The van der Waals surface area contributed by atoms with Crippen LogP contribution in [0.3, 0.4) is 0 Å². The van der Waals surface area contributed by atoms with Crippen molar-refractivity contribution >= 4 is 23.7 Å². The van der Waals surface area contributed by atoms with Crippen molar-refractivity contribution in [2.45, 2.75) is 12.1 Å². The zero-order chi connectivity index (χ0) is 19.6. The standard InChI is InChI=1S/C22H17FN2O3/c1-24-21(27)16-17(22(24)28)19(20(26)13-6-8-14(23)9-7-13)25-11-10-12-4-2-3-5-15(12)18(16)25/h2-11,16-19H,1H3. The molecule has 0 saturated carbocycles. The van der Waals surface area contributed by atoms with Gasteiger partial charge in [0, 0.05) is 18.8 Å². The summed E-state index contributed by atoms with van der Waals surface area (Å²) < 4.78 is 13.3. The van der Waals surface area contributed by atoms with E-state index in [-0.39, 0.29) is 23.6 Å². The highest BCUT2D eigenvalue weighted by atomic mass is 19.1. The van der Waals surface area contributed by atoms with Gasteiger partial charge in [0.15, 0.2) is 5.78 Å². The van der Waals surface area contributed by atoms with Gasteiger partial charge in [-0.2, -0.15) is 0 Å². The molecule has 3 heterocycles. The van der Waals surface area contributed by atoms with Gasteiger partial charge in [-0.1, -0.05) is 24.3 Å². The molecule has 0 bridgehead atoms. The lowest BCUT2D eigenvalue weighted by molar-refractivity contribution is -0.139. The Labute approximate surface area is 161 Å². The van der Waals surface area contributed by atoms with Crippen LogP contribution in [-0.4, -0.2) is 40.5 Å². The van der Waals surface area contributed by atoms with Crippen molar-refractivity contribution in [1.29, 1.82) is 0 Å². The van der Waals surface area contributed by atoms with Crippen LogP contribution in [0.5, 0.6) is 0 Å². The Hall–Kier alpha value is -3.28. The number of halogens is 1. The summed E-state index contributed by atoms with van der Waals surface area (Å²) in [4.78, 5) is 42.1. The molecule has 2 aromatic carbocycles. The van der Waals surface area contributed by atoms with Gasteiger partial charge in [-0.3, -0.25) is 19.3 Å². The third kappa shape index (κ3) is 2.14. The van der Waals surface area contributed by atoms with Crippen LogP contribution in [0.2, 0.25) is 0 Å². The SMILES string of the molecule is CN1C(=O)C2C(C1=O)C1c3ccccc3C=CN1C2C(=O)c1ccc(F)cc1. The van der Waals surface area contributed by atoms with Gasteiger partial charge < -0.3 is 4.90 Å². The molecule has 2 amide bonds. The minimum atomic E-state index is -0.800. The molecule has 140 valence electrons. The minimum Gasteiger partial charge on any atom is -0.358 e. The molecule has 5 rings (SSSR count). The Kier molecular flexibility index (Phi) is 3.53. The zero-order valence-electron chi connectivity index (χ0n) is 15.1. The summed E-state index contributed by atoms with van der Waals surface area (Å²) in [7, 11) is 1.47. The van der Waals surface area contributed by atoms with E-state index in [4.69, 9.17) is 0 Å². The van der Waals surface area contributed by atoms with E-state index < -0.39 is 23.7 Å². The van der Waals surface area contributed by atoms with E-state index in [1.54, 1.807) is 6.20 Å². The van der Waals surface area contributed by atoms with Gasteiger partial charge in [0.1, 0.15) is 11.9 Å². The summed E-state index contributed by atoms with van der Waals surface area (Å²) in [5.74, 6) is -2.68. The monoisotopic (exact) mass is 376 g/mol. The third-order valence-corrected chi connectivity index (χ3v) is 6.08. The molecule has 4 unspecified atom stereocenters. The fourth-order valence-electron chi connectivity index (χ4n) is 4.79. The Balaban J connectivity index is 1.65. The lowest BCUT2D eigenvalue weighted by Crippen LogP contribution is -2.43. The number of ketones is 1. The molecule has 2 fully saturated rings.